The largest absolute Gasteiger partial charge is 0.368 e. The third kappa shape index (κ3) is 2.08. The minimum Gasteiger partial charge on any atom is -0.368 e. The van der Waals surface area contributed by atoms with E-state index in [9.17, 15) is 0 Å². The Labute approximate surface area is 66.5 Å². The van der Waals surface area contributed by atoms with Crippen molar-refractivity contribution in [2.45, 2.75) is 20.3 Å². The maximum absolute atomic E-state index is 8.29. The lowest BCUT2D eigenvalue weighted by molar-refractivity contribution is 0.232. The lowest BCUT2D eigenvalue weighted by Gasteiger charge is -1.99. The summed E-state index contributed by atoms with van der Waals surface area (Å²) in [5, 5.41) is 8.29. The van der Waals surface area contributed by atoms with E-state index in [0.717, 1.165) is 0 Å². The number of nitrogens with two attached hydrogens (primary N) is 1. The zero-order chi connectivity index (χ0) is 8.48. The minimum atomic E-state index is 0.104. The van der Waals surface area contributed by atoms with Crippen LogP contribution in [0.3, 0.4) is 0 Å². The van der Waals surface area contributed by atoms with Crippen molar-refractivity contribution >= 4 is 5.96 Å². The molecule has 1 unspecified atom stereocenters. The van der Waals surface area contributed by atoms with E-state index in [0.29, 0.717) is 17.9 Å². The quantitative estimate of drug-likeness (QED) is 0.307. The summed E-state index contributed by atoms with van der Waals surface area (Å²) in [6.07, 6.45) is 1.20. The predicted molar refractivity (Wildman–Crippen MR) is 43.3 cm³/mol. The number of hydrogen-bond acceptors (Lipinski definition) is 2. The topological polar surface area (TPSA) is 70.6 Å². The standard InChI is InChI=1S/C7H15N3O/c1-7(2)3-5(7)4-9-6(8)10-11/h5,11H,3-4H2,1-2H3,(H3,8,9,10). The number of hydroxylamine groups is 1. The molecule has 4 nitrogen and oxygen atoms in total. The van der Waals surface area contributed by atoms with E-state index >= 15 is 0 Å². The number of aliphatic imine (C=N–C) groups is 1. The highest BCUT2D eigenvalue weighted by atomic mass is 16.5. The first-order valence-electron chi connectivity index (χ1n) is 3.76. The van der Waals surface area contributed by atoms with Gasteiger partial charge in [-0.2, -0.15) is 0 Å². The van der Waals surface area contributed by atoms with Crippen LogP contribution in [0, 0.1) is 11.3 Å². The van der Waals surface area contributed by atoms with E-state index in [2.05, 4.69) is 18.8 Å². The maximum Gasteiger partial charge on any atom is 0.212 e. The molecule has 1 fully saturated rings. The molecule has 1 aliphatic carbocycles. The van der Waals surface area contributed by atoms with Gasteiger partial charge in [0.15, 0.2) is 0 Å². The number of nitrogens with one attached hydrogen (secondary N) is 1. The molecule has 1 atom stereocenters. The molecule has 0 aromatic heterocycles. The third-order valence-electron chi connectivity index (χ3n) is 2.31. The van der Waals surface area contributed by atoms with Crippen LogP contribution in [-0.4, -0.2) is 17.7 Å². The molecule has 0 bridgehead atoms. The first-order valence-corrected chi connectivity index (χ1v) is 3.76. The van der Waals surface area contributed by atoms with Gasteiger partial charge >= 0.3 is 0 Å². The first kappa shape index (κ1) is 8.33. The zero-order valence-electron chi connectivity index (χ0n) is 6.96. The molecule has 0 spiro atoms. The molecule has 4 heteroatoms. The fourth-order valence-corrected chi connectivity index (χ4v) is 1.13. The van der Waals surface area contributed by atoms with Gasteiger partial charge < -0.3 is 5.73 Å². The summed E-state index contributed by atoms with van der Waals surface area (Å²) < 4.78 is 0. The van der Waals surface area contributed by atoms with Gasteiger partial charge in [-0.15, -0.1) is 0 Å². The van der Waals surface area contributed by atoms with Crippen LogP contribution in [0.1, 0.15) is 20.3 Å². The van der Waals surface area contributed by atoms with Crippen molar-refractivity contribution in [3.05, 3.63) is 0 Å². The van der Waals surface area contributed by atoms with Crippen molar-refractivity contribution in [1.82, 2.24) is 5.48 Å². The van der Waals surface area contributed by atoms with Crippen LogP contribution >= 0.6 is 0 Å². The van der Waals surface area contributed by atoms with Gasteiger partial charge in [-0.3, -0.25) is 10.2 Å². The van der Waals surface area contributed by atoms with Crippen LogP contribution in [0.25, 0.3) is 0 Å². The molecular weight excluding hydrogens is 142 g/mol. The molecule has 0 aromatic rings. The Kier molecular flexibility index (Phi) is 2.04. The van der Waals surface area contributed by atoms with Crippen molar-refractivity contribution in [1.29, 1.82) is 0 Å². The van der Waals surface area contributed by atoms with Gasteiger partial charge in [0.2, 0.25) is 5.96 Å². The lowest BCUT2D eigenvalue weighted by atomic mass is 10.1. The van der Waals surface area contributed by atoms with Gasteiger partial charge in [0.25, 0.3) is 0 Å². The summed E-state index contributed by atoms with van der Waals surface area (Å²) in [5.41, 5.74) is 7.46. The van der Waals surface area contributed by atoms with Crippen molar-refractivity contribution in [2.75, 3.05) is 6.54 Å². The Hall–Kier alpha value is -0.770. The van der Waals surface area contributed by atoms with Crippen LogP contribution < -0.4 is 11.2 Å². The fraction of sp³-hybridized carbons (Fsp3) is 0.857. The second-order valence-electron chi connectivity index (χ2n) is 3.73. The number of rotatable bonds is 2. The molecule has 1 rings (SSSR count). The SMILES string of the molecule is CC1(C)CC1CN=C(N)NO. The van der Waals surface area contributed by atoms with Crippen molar-refractivity contribution in [2.24, 2.45) is 22.1 Å². The molecule has 64 valence electrons. The number of hydrogen-bond donors (Lipinski definition) is 3. The lowest BCUT2D eigenvalue weighted by Crippen LogP contribution is -2.28. The molecule has 0 aliphatic heterocycles. The summed E-state index contributed by atoms with van der Waals surface area (Å²) in [6.45, 7) is 5.12. The number of nitrogens with zero attached hydrogens (tertiary/aromatic N) is 1. The molecule has 0 amide bonds. The number of guanidine groups is 1. The van der Waals surface area contributed by atoms with E-state index in [-0.39, 0.29) is 5.96 Å². The molecule has 1 aliphatic rings. The predicted octanol–water partition coefficient (Wildman–Crippen LogP) is 0.326. The Morgan fingerprint density at radius 2 is 2.36 bits per heavy atom. The highest BCUT2D eigenvalue weighted by molar-refractivity contribution is 5.76. The van der Waals surface area contributed by atoms with Crippen LogP contribution in [0.4, 0.5) is 0 Å². The Bertz CT molecular complexity index is 177. The molecule has 4 N–H and O–H groups in total. The van der Waals surface area contributed by atoms with Crippen LogP contribution in [0.15, 0.2) is 4.99 Å². The van der Waals surface area contributed by atoms with Crippen molar-refractivity contribution < 1.29 is 5.21 Å². The van der Waals surface area contributed by atoms with Crippen molar-refractivity contribution in [3.8, 4) is 0 Å². The molecular formula is C7H15N3O. The maximum atomic E-state index is 8.29. The summed E-state index contributed by atoms with van der Waals surface area (Å²) in [6, 6.07) is 0. The highest BCUT2D eigenvalue weighted by Crippen LogP contribution is 2.51. The fourth-order valence-electron chi connectivity index (χ4n) is 1.13. The Morgan fingerprint density at radius 1 is 1.82 bits per heavy atom. The van der Waals surface area contributed by atoms with Gasteiger partial charge in [0.05, 0.1) is 0 Å². The molecule has 0 heterocycles. The summed E-state index contributed by atoms with van der Waals surface area (Å²) in [5.74, 6) is 0.738. The second-order valence-corrected chi connectivity index (χ2v) is 3.73. The average molecular weight is 157 g/mol. The monoisotopic (exact) mass is 157 g/mol. The van der Waals surface area contributed by atoms with E-state index in [1.54, 1.807) is 5.48 Å². The Morgan fingerprint density at radius 3 is 2.73 bits per heavy atom. The van der Waals surface area contributed by atoms with Crippen molar-refractivity contribution in [3.63, 3.8) is 0 Å². The molecule has 0 radical (unpaired) electrons. The minimum absolute atomic E-state index is 0.104. The highest BCUT2D eigenvalue weighted by Gasteiger charge is 2.44. The molecule has 11 heavy (non-hydrogen) atoms. The normalized spacial score (nSPS) is 28.3. The Balaban J connectivity index is 2.25. The molecule has 0 aromatic carbocycles. The van der Waals surface area contributed by atoms with E-state index in [1.165, 1.54) is 6.42 Å². The summed E-state index contributed by atoms with van der Waals surface area (Å²) >= 11 is 0. The van der Waals surface area contributed by atoms with Crippen LogP contribution in [-0.2, 0) is 0 Å². The van der Waals surface area contributed by atoms with Gasteiger partial charge in [0, 0.05) is 6.54 Å². The average Bonchev–Trinajstić information content (AvgIpc) is 2.54. The molecule has 0 saturated heterocycles. The first-order chi connectivity index (χ1) is 5.06. The zero-order valence-corrected chi connectivity index (χ0v) is 6.96. The van der Waals surface area contributed by atoms with Crippen LogP contribution in [0.5, 0.6) is 0 Å². The van der Waals surface area contributed by atoms with E-state index in [1.807, 2.05) is 0 Å². The summed E-state index contributed by atoms with van der Waals surface area (Å²) in [4.78, 5) is 3.93. The van der Waals surface area contributed by atoms with E-state index in [4.69, 9.17) is 10.9 Å². The van der Waals surface area contributed by atoms with Gasteiger partial charge in [-0.25, -0.2) is 5.48 Å². The van der Waals surface area contributed by atoms with E-state index < -0.39 is 0 Å². The summed E-state index contributed by atoms with van der Waals surface area (Å²) in [7, 11) is 0. The second kappa shape index (κ2) is 2.70. The smallest absolute Gasteiger partial charge is 0.212 e. The van der Waals surface area contributed by atoms with Crippen LogP contribution in [0.2, 0.25) is 0 Å². The third-order valence-corrected chi connectivity index (χ3v) is 2.31. The van der Waals surface area contributed by atoms with Gasteiger partial charge in [-0.1, -0.05) is 13.8 Å². The van der Waals surface area contributed by atoms with Gasteiger partial charge in [-0.05, 0) is 17.8 Å². The molecule has 1 saturated carbocycles. The van der Waals surface area contributed by atoms with Gasteiger partial charge in [0.1, 0.15) is 0 Å².